The van der Waals surface area contributed by atoms with Crippen molar-refractivity contribution in [1.82, 2.24) is 15.3 Å². The van der Waals surface area contributed by atoms with Crippen LogP contribution in [0.1, 0.15) is 0 Å². The second-order valence-electron chi connectivity index (χ2n) is 2.93. The smallest absolute Gasteiger partial charge is 0.147 e. The monoisotopic (exact) mass is 242 g/mol. The van der Waals surface area contributed by atoms with Crippen molar-refractivity contribution in [2.24, 2.45) is 0 Å². The van der Waals surface area contributed by atoms with E-state index in [0.717, 1.165) is 36.6 Å². The molecule has 0 spiro atoms. The van der Waals surface area contributed by atoms with Crippen LogP contribution >= 0.6 is 15.9 Å². The van der Waals surface area contributed by atoms with Gasteiger partial charge in [0.15, 0.2) is 0 Å². The summed E-state index contributed by atoms with van der Waals surface area (Å²) in [6, 6.07) is 0. The third-order valence-corrected chi connectivity index (χ3v) is 2.46. The highest BCUT2D eigenvalue weighted by Gasteiger charge is 2.10. The van der Waals surface area contributed by atoms with Crippen LogP contribution in [-0.4, -0.2) is 36.1 Å². The lowest BCUT2D eigenvalue weighted by molar-refractivity contribution is 0.584. The fourth-order valence-corrected chi connectivity index (χ4v) is 1.57. The van der Waals surface area contributed by atoms with E-state index in [0.29, 0.717) is 0 Å². The molecule has 0 amide bonds. The maximum absolute atomic E-state index is 4.29. The number of anilines is 1. The van der Waals surface area contributed by atoms with Gasteiger partial charge in [0, 0.05) is 26.2 Å². The summed E-state index contributed by atoms with van der Waals surface area (Å²) in [4.78, 5) is 10.7. The number of aromatic nitrogens is 2. The van der Waals surface area contributed by atoms with Crippen LogP contribution in [-0.2, 0) is 0 Å². The van der Waals surface area contributed by atoms with Gasteiger partial charge in [0.25, 0.3) is 0 Å². The molecule has 1 fully saturated rings. The Hall–Kier alpha value is -0.680. The lowest BCUT2D eigenvalue weighted by Gasteiger charge is -2.27. The number of halogens is 1. The largest absolute Gasteiger partial charge is 0.353 e. The Morgan fingerprint density at radius 1 is 1.23 bits per heavy atom. The van der Waals surface area contributed by atoms with Crippen LogP contribution in [0.15, 0.2) is 17.0 Å². The molecule has 1 N–H and O–H groups in total. The zero-order valence-electron chi connectivity index (χ0n) is 7.20. The average Bonchev–Trinajstić information content (AvgIpc) is 2.20. The Bertz CT molecular complexity index is 268. The van der Waals surface area contributed by atoms with E-state index in [-0.39, 0.29) is 0 Å². The highest BCUT2D eigenvalue weighted by molar-refractivity contribution is 9.10. The van der Waals surface area contributed by atoms with Crippen LogP contribution < -0.4 is 10.2 Å². The van der Waals surface area contributed by atoms with Crippen LogP contribution in [0.25, 0.3) is 0 Å². The third-order valence-electron chi connectivity index (χ3n) is 2.05. The van der Waals surface area contributed by atoms with Gasteiger partial charge in [-0.2, -0.15) is 0 Å². The normalized spacial score (nSPS) is 17.5. The Labute approximate surface area is 85.5 Å². The van der Waals surface area contributed by atoms with Gasteiger partial charge in [-0.25, -0.2) is 9.97 Å². The van der Waals surface area contributed by atoms with E-state index in [2.05, 4.69) is 36.1 Å². The SMILES string of the molecule is Brc1cnc(N2CCNCC2)cn1. The maximum atomic E-state index is 4.29. The van der Waals surface area contributed by atoms with Gasteiger partial charge in [-0.15, -0.1) is 0 Å². The molecule has 0 bridgehead atoms. The quantitative estimate of drug-likeness (QED) is 0.786. The summed E-state index contributed by atoms with van der Waals surface area (Å²) in [5.41, 5.74) is 0. The molecule has 4 nitrogen and oxygen atoms in total. The first-order valence-electron chi connectivity index (χ1n) is 4.29. The molecule has 0 unspecified atom stereocenters. The highest BCUT2D eigenvalue weighted by Crippen LogP contribution is 2.11. The predicted octanol–water partition coefficient (Wildman–Crippen LogP) is 0.649. The van der Waals surface area contributed by atoms with Gasteiger partial charge in [0.2, 0.25) is 0 Å². The van der Waals surface area contributed by atoms with Crippen molar-refractivity contribution in [2.45, 2.75) is 0 Å². The fraction of sp³-hybridized carbons (Fsp3) is 0.500. The first-order chi connectivity index (χ1) is 6.36. The number of hydrogen-bond acceptors (Lipinski definition) is 4. The summed E-state index contributed by atoms with van der Waals surface area (Å²) in [6.07, 6.45) is 3.53. The summed E-state index contributed by atoms with van der Waals surface area (Å²) < 4.78 is 0.784. The molecule has 5 heteroatoms. The minimum atomic E-state index is 0.784. The molecule has 1 aliphatic heterocycles. The van der Waals surface area contributed by atoms with E-state index in [4.69, 9.17) is 0 Å². The minimum Gasteiger partial charge on any atom is -0.353 e. The van der Waals surface area contributed by atoms with Crippen LogP contribution in [0.3, 0.4) is 0 Å². The summed E-state index contributed by atoms with van der Waals surface area (Å²) in [5, 5.41) is 3.30. The van der Waals surface area contributed by atoms with Crippen LogP contribution in [0.2, 0.25) is 0 Å². The summed E-state index contributed by atoms with van der Waals surface area (Å²) >= 11 is 3.26. The standard InChI is InChI=1S/C8H11BrN4/c9-7-5-12-8(6-11-7)13-3-1-10-2-4-13/h5-6,10H,1-4H2. The molecule has 1 aliphatic rings. The van der Waals surface area contributed by atoms with Crippen LogP contribution in [0.5, 0.6) is 0 Å². The molecular formula is C8H11BrN4. The van der Waals surface area contributed by atoms with Gasteiger partial charge < -0.3 is 10.2 Å². The van der Waals surface area contributed by atoms with Crippen LogP contribution in [0, 0.1) is 0 Å². The van der Waals surface area contributed by atoms with Crippen molar-refractivity contribution in [3.63, 3.8) is 0 Å². The first-order valence-corrected chi connectivity index (χ1v) is 5.09. The molecule has 0 saturated carbocycles. The highest BCUT2D eigenvalue weighted by atomic mass is 79.9. The van der Waals surface area contributed by atoms with Gasteiger partial charge >= 0.3 is 0 Å². The number of nitrogens with zero attached hydrogens (tertiary/aromatic N) is 3. The van der Waals surface area contributed by atoms with Gasteiger partial charge in [-0.3, -0.25) is 0 Å². The number of piperazine rings is 1. The molecule has 0 aliphatic carbocycles. The van der Waals surface area contributed by atoms with E-state index >= 15 is 0 Å². The predicted molar refractivity (Wildman–Crippen MR) is 54.8 cm³/mol. The van der Waals surface area contributed by atoms with Gasteiger partial charge in [0.1, 0.15) is 10.4 Å². The summed E-state index contributed by atoms with van der Waals surface area (Å²) in [6.45, 7) is 4.07. The molecule has 13 heavy (non-hydrogen) atoms. The molecule has 1 aromatic rings. The third kappa shape index (κ3) is 2.16. The molecule has 1 saturated heterocycles. The van der Waals surface area contributed by atoms with Crippen molar-refractivity contribution in [3.05, 3.63) is 17.0 Å². The molecule has 70 valence electrons. The second kappa shape index (κ2) is 4.02. The molecule has 0 atom stereocenters. The molecular weight excluding hydrogens is 232 g/mol. The zero-order valence-corrected chi connectivity index (χ0v) is 8.79. The van der Waals surface area contributed by atoms with Crippen LogP contribution in [0.4, 0.5) is 5.82 Å². The maximum Gasteiger partial charge on any atom is 0.147 e. The Morgan fingerprint density at radius 2 is 2.00 bits per heavy atom. The number of rotatable bonds is 1. The molecule has 1 aromatic heterocycles. The first kappa shape index (κ1) is 8.90. The molecule has 2 rings (SSSR count). The van der Waals surface area contributed by atoms with Crippen molar-refractivity contribution < 1.29 is 0 Å². The van der Waals surface area contributed by atoms with Crippen molar-refractivity contribution >= 4 is 21.7 Å². The molecule has 0 radical (unpaired) electrons. The van der Waals surface area contributed by atoms with Gasteiger partial charge in [0.05, 0.1) is 12.4 Å². The van der Waals surface area contributed by atoms with Gasteiger partial charge in [-0.1, -0.05) is 0 Å². The minimum absolute atomic E-state index is 0.784. The van der Waals surface area contributed by atoms with E-state index in [1.807, 2.05) is 0 Å². The topological polar surface area (TPSA) is 41.1 Å². The second-order valence-corrected chi connectivity index (χ2v) is 3.75. The summed E-state index contributed by atoms with van der Waals surface area (Å²) in [5.74, 6) is 0.963. The average molecular weight is 243 g/mol. The zero-order chi connectivity index (χ0) is 9.10. The van der Waals surface area contributed by atoms with Crippen molar-refractivity contribution in [3.8, 4) is 0 Å². The van der Waals surface area contributed by atoms with E-state index in [1.165, 1.54) is 0 Å². The summed E-state index contributed by atoms with van der Waals surface area (Å²) in [7, 11) is 0. The Morgan fingerprint density at radius 3 is 2.62 bits per heavy atom. The van der Waals surface area contributed by atoms with Crippen molar-refractivity contribution in [2.75, 3.05) is 31.1 Å². The molecule has 0 aromatic carbocycles. The van der Waals surface area contributed by atoms with E-state index in [9.17, 15) is 0 Å². The Balaban J connectivity index is 2.10. The number of hydrogen-bond donors (Lipinski definition) is 1. The lowest BCUT2D eigenvalue weighted by atomic mass is 10.4. The van der Waals surface area contributed by atoms with Crippen molar-refractivity contribution in [1.29, 1.82) is 0 Å². The van der Waals surface area contributed by atoms with E-state index in [1.54, 1.807) is 12.4 Å². The Kier molecular flexibility index (Phi) is 2.75. The molecule has 2 heterocycles. The van der Waals surface area contributed by atoms with E-state index < -0.39 is 0 Å². The van der Waals surface area contributed by atoms with Gasteiger partial charge in [-0.05, 0) is 15.9 Å². The lowest BCUT2D eigenvalue weighted by Crippen LogP contribution is -2.43. The fourth-order valence-electron chi connectivity index (χ4n) is 1.36. The number of nitrogens with one attached hydrogen (secondary N) is 1.